The minimum absolute atomic E-state index is 0.0808. The number of allylic oxidation sites excluding steroid dienone is 1. The zero-order valence-electron chi connectivity index (χ0n) is 17.0. The van der Waals surface area contributed by atoms with Crippen LogP contribution in [0.25, 0.3) is 0 Å². The van der Waals surface area contributed by atoms with Gasteiger partial charge >= 0.3 is 5.97 Å². The first-order chi connectivity index (χ1) is 14.5. The van der Waals surface area contributed by atoms with E-state index in [0.29, 0.717) is 32.8 Å². The molecule has 30 heavy (non-hydrogen) atoms. The van der Waals surface area contributed by atoms with Gasteiger partial charge in [-0.15, -0.1) is 0 Å². The number of hydrogen-bond donors (Lipinski definition) is 2. The molecule has 0 amide bonds. The van der Waals surface area contributed by atoms with Crippen molar-refractivity contribution in [2.75, 3.05) is 17.7 Å². The molecular weight excluding hydrogens is 422 g/mol. The smallest absolute Gasteiger partial charge is 0.337 e. The Bertz CT molecular complexity index is 1030. The summed E-state index contributed by atoms with van der Waals surface area (Å²) in [4.78, 5) is 33.4. The van der Waals surface area contributed by atoms with Crippen LogP contribution in [0.4, 0.5) is 5.82 Å². The topological polar surface area (TPSA) is 84.1 Å². The summed E-state index contributed by atoms with van der Waals surface area (Å²) in [6.07, 6.45) is 3.60. The van der Waals surface area contributed by atoms with E-state index in [1.165, 1.54) is 17.8 Å². The maximum Gasteiger partial charge on any atom is 0.337 e. The van der Waals surface area contributed by atoms with Gasteiger partial charge in [0, 0.05) is 16.5 Å². The van der Waals surface area contributed by atoms with Gasteiger partial charge in [-0.1, -0.05) is 61.5 Å². The fraction of sp³-hybridized carbons (Fsp3) is 0.318. The molecular formula is C22H24ClN3O3S. The second kappa shape index (κ2) is 10.00. The largest absolute Gasteiger partial charge is 0.458 e. The lowest BCUT2D eigenvalue weighted by atomic mass is 9.82. The van der Waals surface area contributed by atoms with Crippen molar-refractivity contribution < 1.29 is 9.53 Å². The molecule has 0 radical (unpaired) electrons. The number of carbonyl (C=O) groups is 1. The van der Waals surface area contributed by atoms with Gasteiger partial charge in [0.25, 0.3) is 5.56 Å². The van der Waals surface area contributed by atoms with Gasteiger partial charge in [-0.2, -0.15) is 0 Å². The van der Waals surface area contributed by atoms with Gasteiger partial charge < -0.3 is 15.0 Å². The molecule has 2 heterocycles. The number of fused-ring (bicyclic) bond motifs is 1. The number of aromatic nitrogens is 2. The van der Waals surface area contributed by atoms with Crippen molar-refractivity contribution in [3.8, 4) is 0 Å². The molecule has 0 spiro atoms. The van der Waals surface area contributed by atoms with E-state index in [2.05, 4.69) is 28.8 Å². The van der Waals surface area contributed by atoms with Crippen LogP contribution < -0.4 is 10.9 Å². The number of unbranched alkanes of at least 4 members (excludes halogenated alkanes) is 1. The number of H-pyrrole nitrogens is 1. The maximum absolute atomic E-state index is 13.1. The molecule has 0 saturated heterocycles. The van der Waals surface area contributed by atoms with E-state index in [9.17, 15) is 9.59 Å². The third kappa shape index (κ3) is 4.79. The second-order valence-corrected chi connectivity index (χ2v) is 8.39. The van der Waals surface area contributed by atoms with E-state index < -0.39 is 11.9 Å². The van der Waals surface area contributed by atoms with Crippen molar-refractivity contribution in [3.63, 3.8) is 0 Å². The summed E-state index contributed by atoms with van der Waals surface area (Å²) in [6, 6.07) is 7.08. The number of esters is 1. The van der Waals surface area contributed by atoms with Gasteiger partial charge in [-0.3, -0.25) is 4.79 Å². The zero-order valence-corrected chi connectivity index (χ0v) is 18.5. The molecule has 0 aliphatic carbocycles. The Kier molecular flexibility index (Phi) is 7.39. The van der Waals surface area contributed by atoms with Crippen LogP contribution in [0.3, 0.4) is 0 Å². The first-order valence-electron chi connectivity index (χ1n) is 9.74. The second-order valence-electron chi connectivity index (χ2n) is 6.87. The molecule has 0 bridgehead atoms. The van der Waals surface area contributed by atoms with Gasteiger partial charge in [0.1, 0.15) is 12.4 Å². The summed E-state index contributed by atoms with van der Waals surface area (Å²) in [5.74, 6) is 0.191. The number of thioether (sulfide) groups is 1. The molecule has 2 aromatic rings. The Morgan fingerprint density at radius 3 is 2.77 bits per heavy atom. The number of nitrogens with zero attached hydrogens (tertiary/aromatic N) is 1. The quantitative estimate of drug-likeness (QED) is 0.198. The summed E-state index contributed by atoms with van der Waals surface area (Å²) in [6.45, 7) is 7.56. The fourth-order valence-electron chi connectivity index (χ4n) is 3.28. The number of aromatic amines is 1. The highest BCUT2D eigenvalue weighted by atomic mass is 35.5. The van der Waals surface area contributed by atoms with Crippen LogP contribution >= 0.6 is 23.4 Å². The summed E-state index contributed by atoms with van der Waals surface area (Å²) in [5, 5.41) is 4.26. The molecule has 1 aliphatic heterocycles. The maximum atomic E-state index is 13.1. The molecule has 0 fully saturated rings. The number of anilines is 1. The number of rotatable bonds is 8. The minimum Gasteiger partial charge on any atom is -0.458 e. The van der Waals surface area contributed by atoms with E-state index in [-0.39, 0.29) is 12.2 Å². The summed E-state index contributed by atoms with van der Waals surface area (Å²) in [7, 11) is 0. The number of hydrogen-bond acceptors (Lipinski definition) is 6. The third-order valence-corrected chi connectivity index (χ3v) is 5.92. The van der Waals surface area contributed by atoms with Gasteiger partial charge in [0.15, 0.2) is 5.16 Å². The summed E-state index contributed by atoms with van der Waals surface area (Å²) < 4.78 is 5.30. The van der Waals surface area contributed by atoms with Crippen LogP contribution in [0.15, 0.2) is 58.1 Å². The Balaban J connectivity index is 2.11. The summed E-state index contributed by atoms with van der Waals surface area (Å²) >= 11 is 7.56. The van der Waals surface area contributed by atoms with E-state index in [1.54, 1.807) is 31.2 Å². The molecule has 6 nitrogen and oxygen atoms in total. The van der Waals surface area contributed by atoms with Crippen LogP contribution in [0, 0.1) is 0 Å². The lowest BCUT2D eigenvalue weighted by Crippen LogP contribution is -2.31. The highest BCUT2D eigenvalue weighted by molar-refractivity contribution is 7.99. The van der Waals surface area contributed by atoms with Gasteiger partial charge in [0.2, 0.25) is 0 Å². The lowest BCUT2D eigenvalue weighted by Gasteiger charge is -2.28. The highest BCUT2D eigenvalue weighted by Crippen LogP contribution is 2.40. The fourth-order valence-corrected chi connectivity index (χ4v) is 4.36. The van der Waals surface area contributed by atoms with Crippen LogP contribution in [-0.4, -0.2) is 28.3 Å². The predicted molar refractivity (Wildman–Crippen MR) is 121 cm³/mol. The number of benzene rings is 1. The van der Waals surface area contributed by atoms with Gasteiger partial charge in [-0.05, 0) is 31.0 Å². The van der Waals surface area contributed by atoms with Gasteiger partial charge in [-0.25, -0.2) is 9.78 Å². The van der Waals surface area contributed by atoms with Crippen molar-refractivity contribution in [1.82, 2.24) is 9.97 Å². The Hall–Kier alpha value is -2.51. The molecule has 1 aromatic carbocycles. The number of ether oxygens (including phenoxy) is 1. The average molecular weight is 446 g/mol. The number of halogens is 1. The first kappa shape index (κ1) is 22.2. The molecule has 8 heteroatoms. The third-order valence-electron chi connectivity index (χ3n) is 4.71. The predicted octanol–water partition coefficient (Wildman–Crippen LogP) is 4.88. The van der Waals surface area contributed by atoms with Crippen molar-refractivity contribution >= 4 is 35.1 Å². The number of nitrogens with one attached hydrogen (secondary N) is 2. The highest BCUT2D eigenvalue weighted by Gasteiger charge is 2.36. The van der Waals surface area contributed by atoms with Crippen LogP contribution in [0.5, 0.6) is 0 Å². The Morgan fingerprint density at radius 1 is 1.37 bits per heavy atom. The molecule has 3 rings (SSSR count). The van der Waals surface area contributed by atoms with E-state index >= 15 is 0 Å². The molecule has 158 valence electrons. The van der Waals surface area contributed by atoms with Crippen molar-refractivity contribution in [2.45, 2.75) is 37.8 Å². The number of carbonyl (C=O) groups excluding carboxylic acids is 1. The van der Waals surface area contributed by atoms with E-state index in [0.717, 1.165) is 24.2 Å². The van der Waals surface area contributed by atoms with Crippen LogP contribution in [0.2, 0.25) is 5.02 Å². The first-order valence-corrected chi connectivity index (χ1v) is 11.1. The Morgan fingerprint density at radius 2 is 2.10 bits per heavy atom. The van der Waals surface area contributed by atoms with Crippen molar-refractivity contribution in [1.29, 1.82) is 0 Å². The summed E-state index contributed by atoms with van der Waals surface area (Å²) in [5.41, 5.74) is 1.82. The normalized spacial score (nSPS) is 15.4. The van der Waals surface area contributed by atoms with E-state index in [4.69, 9.17) is 16.3 Å². The average Bonchev–Trinajstić information content (AvgIpc) is 2.72. The molecule has 2 N–H and O–H groups in total. The molecule has 1 aliphatic rings. The monoisotopic (exact) mass is 445 g/mol. The van der Waals surface area contributed by atoms with Gasteiger partial charge in [0.05, 0.1) is 17.1 Å². The minimum atomic E-state index is -0.623. The molecule has 1 aromatic heterocycles. The lowest BCUT2D eigenvalue weighted by molar-refractivity contribution is -0.138. The van der Waals surface area contributed by atoms with Crippen LogP contribution in [-0.2, 0) is 9.53 Å². The SMILES string of the molecule is C=CCOC(=O)C1=C(C)Nc2nc(SCCCC)[nH]c(=O)c2C1c1ccc(Cl)cc1. The standard InChI is InChI=1S/C22H24ClN3O3S/c1-4-6-12-30-22-25-19-18(20(27)26-22)17(14-7-9-15(23)10-8-14)16(13(3)24-19)21(28)29-11-5-2/h5,7-10,17H,2,4,6,11-12H2,1,3H3,(H2,24,25,26,27). The molecule has 1 atom stereocenters. The molecule has 1 unspecified atom stereocenters. The van der Waals surface area contributed by atoms with E-state index in [1.807, 2.05) is 0 Å². The van der Waals surface area contributed by atoms with Crippen molar-refractivity contribution in [3.05, 3.63) is 74.7 Å². The van der Waals surface area contributed by atoms with Crippen molar-refractivity contribution in [2.24, 2.45) is 0 Å². The molecule has 0 saturated carbocycles. The van der Waals surface area contributed by atoms with Crippen LogP contribution in [0.1, 0.15) is 43.7 Å². The Labute approximate surface area is 184 Å². The zero-order chi connectivity index (χ0) is 21.7.